The molecule has 0 atom stereocenters. The van der Waals surface area contributed by atoms with Crippen molar-refractivity contribution in [2.75, 3.05) is 6.54 Å². The van der Waals surface area contributed by atoms with Crippen LogP contribution in [0.2, 0.25) is 0 Å². The normalized spacial score (nSPS) is 14.1. The lowest BCUT2D eigenvalue weighted by atomic mass is 10.2. The van der Waals surface area contributed by atoms with E-state index in [9.17, 15) is 9.59 Å². The summed E-state index contributed by atoms with van der Waals surface area (Å²) in [4.78, 5) is 23.6. The Labute approximate surface area is 120 Å². The Balaban J connectivity index is 1.60. The summed E-state index contributed by atoms with van der Waals surface area (Å²) < 4.78 is 6.24. The maximum atomic E-state index is 11.9. The molecule has 2 heterocycles. The Kier molecular flexibility index (Phi) is 3.55. The first kappa shape index (κ1) is 13.5. The highest BCUT2D eigenvalue weighted by atomic mass is 16.5. The zero-order valence-corrected chi connectivity index (χ0v) is 11.7. The number of rotatable bonds is 5. The molecule has 3 rings (SSSR count). The van der Waals surface area contributed by atoms with Gasteiger partial charge in [0.1, 0.15) is 11.3 Å². The summed E-state index contributed by atoms with van der Waals surface area (Å²) in [6, 6.07) is 3.32. The van der Waals surface area contributed by atoms with Gasteiger partial charge in [-0.25, -0.2) is 4.68 Å². The second-order valence-corrected chi connectivity index (χ2v) is 5.15. The molecule has 1 N–H and O–H groups in total. The number of carbonyl (C=O) groups is 1. The predicted molar refractivity (Wildman–Crippen MR) is 74.0 cm³/mol. The second kappa shape index (κ2) is 5.51. The zero-order valence-electron chi connectivity index (χ0n) is 11.7. The van der Waals surface area contributed by atoms with Crippen LogP contribution in [0.5, 0.6) is 0 Å². The van der Waals surface area contributed by atoms with Gasteiger partial charge in [-0.2, -0.15) is 5.10 Å². The van der Waals surface area contributed by atoms with Crippen LogP contribution in [0.3, 0.4) is 0 Å². The number of hydrogen-bond acceptors (Lipinski definition) is 5. The molecule has 0 saturated heterocycles. The summed E-state index contributed by atoms with van der Waals surface area (Å²) in [5.41, 5.74) is 1.20. The first-order valence-corrected chi connectivity index (χ1v) is 6.92. The van der Waals surface area contributed by atoms with Crippen LogP contribution in [0, 0.1) is 6.92 Å². The largest absolute Gasteiger partial charge is 0.361 e. The summed E-state index contributed by atoms with van der Waals surface area (Å²) in [7, 11) is 0. The van der Waals surface area contributed by atoms with Crippen LogP contribution in [0.4, 0.5) is 0 Å². The highest BCUT2D eigenvalue weighted by Crippen LogP contribution is 2.38. The van der Waals surface area contributed by atoms with E-state index in [1.165, 1.54) is 16.9 Å². The fraction of sp³-hybridized carbons (Fsp3) is 0.429. The van der Waals surface area contributed by atoms with E-state index in [1.54, 1.807) is 13.0 Å². The van der Waals surface area contributed by atoms with Crippen LogP contribution in [-0.2, 0) is 6.54 Å². The molecule has 0 spiro atoms. The molecule has 7 heteroatoms. The van der Waals surface area contributed by atoms with E-state index < -0.39 is 0 Å². The van der Waals surface area contributed by atoms with Crippen molar-refractivity contribution in [1.82, 2.24) is 20.3 Å². The quantitative estimate of drug-likeness (QED) is 0.880. The van der Waals surface area contributed by atoms with Crippen LogP contribution in [0.25, 0.3) is 0 Å². The summed E-state index contributed by atoms with van der Waals surface area (Å²) in [5.74, 6) is 0.699. The van der Waals surface area contributed by atoms with Gasteiger partial charge in [-0.1, -0.05) is 5.16 Å². The Morgan fingerprint density at radius 1 is 1.48 bits per heavy atom. The molecular weight excluding hydrogens is 272 g/mol. The first-order chi connectivity index (χ1) is 10.1. The van der Waals surface area contributed by atoms with Crippen LogP contribution in [-0.4, -0.2) is 27.4 Å². The molecule has 110 valence electrons. The van der Waals surface area contributed by atoms with Gasteiger partial charge in [-0.3, -0.25) is 9.59 Å². The van der Waals surface area contributed by atoms with Gasteiger partial charge in [0.05, 0.1) is 18.4 Å². The molecule has 2 aromatic heterocycles. The number of aromatic nitrogens is 3. The lowest BCUT2D eigenvalue weighted by Crippen LogP contribution is -2.32. The fourth-order valence-corrected chi connectivity index (χ4v) is 2.11. The number of nitrogens with zero attached hydrogens (tertiary/aromatic N) is 3. The average molecular weight is 288 g/mol. The predicted octanol–water partition coefficient (Wildman–Crippen LogP) is 0.847. The number of carbonyl (C=O) groups excluding carboxylic acids is 1. The van der Waals surface area contributed by atoms with Crippen molar-refractivity contribution in [3.63, 3.8) is 0 Å². The molecule has 0 unspecified atom stereocenters. The molecular formula is C14H16N4O3. The lowest BCUT2D eigenvalue weighted by Gasteiger charge is -2.07. The molecule has 0 aromatic carbocycles. The molecule has 0 radical (unpaired) electrons. The smallest absolute Gasteiger partial charge is 0.266 e. The SMILES string of the molecule is Cc1oncc1C(=O)NCCn1nc(C2CC2)ccc1=O. The molecule has 1 saturated carbocycles. The molecule has 1 aliphatic rings. The Morgan fingerprint density at radius 3 is 2.95 bits per heavy atom. The van der Waals surface area contributed by atoms with Gasteiger partial charge in [0, 0.05) is 18.5 Å². The van der Waals surface area contributed by atoms with Gasteiger partial charge in [0.25, 0.3) is 11.5 Å². The number of hydrogen-bond donors (Lipinski definition) is 1. The third kappa shape index (κ3) is 3.01. The van der Waals surface area contributed by atoms with Crippen molar-refractivity contribution in [1.29, 1.82) is 0 Å². The minimum Gasteiger partial charge on any atom is -0.361 e. The average Bonchev–Trinajstić information content (AvgIpc) is 3.22. The minimum absolute atomic E-state index is 0.158. The molecule has 7 nitrogen and oxygen atoms in total. The van der Waals surface area contributed by atoms with E-state index in [0.29, 0.717) is 30.3 Å². The summed E-state index contributed by atoms with van der Waals surface area (Å²) in [6.45, 7) is 2.34. The van der Waals surface area contributed by atoms with Crippen molar-refractivity contribution >= 4 is 5.91 Å². The van der Waals surface area contributed by atoms with E-state index in [2.05, 4.69) is 15.6 Å². The highest BCUT2D eigenvalue weighted by Gasteiger charge is 2.25. The van der Waals surface area contributed by atoms with Crippen molar-refractivity contribution in [2.24, 2.45) is 0 Å². The number of amides is 1. The molecule has 1 aliphatic carbocycles. The van der Waals surface area contributed by atoms with Crippen molar-refractivity contribution in [3.8, 4) is 0 Å². The van der Waals surface area contributed by atoms with E-state index in [1.807, 2.05) is 0 Å². The van der Waals surface area contributed by atoms with E-state index in [0.717, 1.165) is 18.5 Å². The summed E-state index contributed by atoms with van der Waals surface area (Å²) in [5, 5.41) is 10.6. The lowest BCUT2D eigenvalue weighted by molar-refractivity contribution is 0.0950. The van der Waals surface area contributed by atoms with Gasteiger partial charge in [0.15, 0.2) is 0 Å². The first-order valence-electron chi connectivity index (χ1n) is 6.92. The van der Waals surface area contributed by atoms with Gasteiger partial charge in [0.2, 0.25) is 0 Å². The minimum atomic E-state index is -0.264. The highest BCUT2D eigenvalue weighted by molar-refractivity contribution is 5.94. The van der Waals surface area contributed by atoms with E-state index >= 15 is 0 Å². The maximum Gasteiger partial charge on any atom is 0.266 e. The van der Waals surface area contributed by atoms with Gasteiger partial charge >= 0.3 is 0 Å². The number of aryl methyl sites for hydroxylation is 1. The molecule has 1 fully saturated rings. The fourth-order valence-electron chi connectivity index (χ4n) is 2.11. The zero-order chi connectivity index (χ0) is 14.8. The van der Waals surface area contributed by atoms with Gasteiger partial charge in [-0.15, -0.1) is 0 Å². The molecule has 2 aromatic rings. The molecule has 21 heavy (non-hydrogen) atoms. The van der Waals surface area contributed by atoms with Crippen molar-refractivity contribution in [3.05, 3.63) is 45.7 Å². The second-order valence-electron chi connectivity index (χ2n) is 5.15. The number of nitrogens with one attached hydrogen (secondary N) is 1. The topological polar surface area (TPSA) is 90.0 Å². The monoisotopic (exact) mass is 288 g/mol. The third-order valence-electron chi connectivity index (χ3n) is 3.49. The van der Waals surface area contributed by atoms with E-state index in [4.69, 9.17) is 4.52 Å². The van der Waals surface area contributed by atoms with Crippen LogP contribution in [0.15, 0.2) is 27.6 Å². The molecule has 1 amide bonds. The van der Waals surface area contributed by atoms with Crippen molar-refractivity contribution in [2.45, 2.75) is 32.2 Å². The molecule has 0 aliphatic heterocycles. The van der Waals surface area contributed by atoms with Crippen LogP contribution in [0.1, 0.15) is 40.6 Å². The van der Waals surface area contributed by atoms with E-state index in [-0.39, 0.29) is 11.5 Å². The maximum absolute atomic E-state index is 11.9. The van der Waals surface area contributed by atoms with Crippen LogP contribution >= 0.6 is 0 Å². The van der Waals surface area contributed by atoms with Gasteiger partial charge in [-0.05, 0) is 25.8 Å². The standard InChI is InChI=1S/C14H16N4O3/c1-9-11(8-16-21-9)14(20)15-6-7-18-13(19)5-4-12(17-18)10-2-3-10/h4-5,8,10H,2-3,6-7H2,1H3,(H,15,20). The third-order valence-corrected chi connectivity index (χ3v) is 3.49. The van der Waals surface area contributed by atoms with Crippen LogP contribution < -0.4 is 10.9 Å². The summed E-state index contributed by atoms with van der Waals surface area (Å²) >= 11 is 0. The molecule has 0 bridgehead atoms. The Hall–Kier alpha value is -2.44. The summed E-state index contributed by atoms with van der Waals surface area (Å²) in [6.07, 6.45) is 3.65. The Bertz CT molecular complexity index is 715. The van der Waals surface area contributed by atoms with Crippen molar-refractivity contribution < 1.29 is 9.32 Å². The van der Waals surface area contributed by atoms with Gasteiger partial charge < -0.3 is 9.84 Å². The Morgan fingerprint density at radius 2 is 2.29 bits per heavy atom.